The van der Waals surface area contributed by atoms with E-state index in [2.05, 4.69) is 26.0 Å². The van der Waals surface area contributed by atoms with Crippen LogP contribution in [0.5, 0.6) is 0 Å². The van der Waals surface area contributed by atoms with Crippen molar-refractivity contribution in [2.45, 2.75) is 26.7 Å². The van der Waals surface area contributed by atoms with Crippen molar-refractivity contribution in [3.63, 3.8) is 0 Å². The van der Waals surface area contributed by atoms with Gasteiger partial charge in [0.2, 0.25) is 0 Å². The summed E-state index contributed by atoms with van der Waals surface area (Å²) in [6.45, 7) is 4.64. The number of aliphatic hydroxyl groups excluding tert-OH is 1. The Labute approximate surface area is 62.8 Å². The molecule has 1 aliphatic carbocycles. The van der Waals surface area contributed by atoms with Crippen LogP contribution in [-0.4, -0.2) is 11.7 Å². The molecule has 0 bridgehead atoms. The molecule has 0 unspecified atom stereocenters. The highest BCUT2D eigenvalue weighted by Gasteiger charge is 2.38. The van der Waals surface area contributed by atoms with Gasteiger partial charge in [0.05, 0.1) is 6.61 Å². The van der Waals surface area contributed by atoms with Crippen LogP contribution < -0.4 is 0 Å². The van der Waals surface area contributed by atoms with Crippen molar-refractivity contribution in [1.82, 2.24) is 0 Å². The quantitative estimate of drug-likeness (QED) is 0.594. The van der Waals surface area contributed by atoms with E-state index in [-0.39, 0.29) is 5.41 Å². The average Bonchev–Trinajstić information content (AvgIpc) is 2.64. The highest BCUT2D eigenvalue weighted by Crippen LogP contribution is 2.46. The SMILES string of the molecule is CC(C)/C=C/C1(CO)CC1. The Morgan fingerprint density at radius 1 is 1.50 bits per heavy atom. The van der Waals surface area contributed by atoms with E-state index in [0.717, 1.165) is 0 Å². The maximum Gasteiger partial charge on any atom is 0.0521 e. The lowest BCUT2D eigenvalue weighted by atomic mass is 10.1. The third-order valence-electron chi connectivity index (χ3n) is 2.04. The van der Waals surface area contributed by atoms with Crippen molar-refractivity contribution >= 4 is 0 Å². The van der Waals surface area contributed by atoms with Crippen molar-refractivity contribution in [2.24, 2.45) is 11.3 Å². The summed E-state index contributed by atoms with van der Waals surface area (Å²) in [5.41, 5.74) is 0.199. The predicted molar refractivity (Wildman–Crippen MR) is 42.7 cm³/mol. The lowest BCUT2D eigenvalue weighted by Crippen LogP contribution is -2.01. The summed E-state index contributed by atoms with van der Waals surface area (Å²) >= 11 is 0. The highest BCUT2D eigenvalue weighted by atomic mass is 16.3. The molecule has 0 saturated heterocycles. The van der Waals surface area contributed by atoms with Crippen LogP contribution in [0.25, 0.3) is 0 Å². The lowest BCUT2D eigenvalue weighted by Gasteiger charge is -2.03. The van der Waals surface area contributed by atoms with E-state index in [1.807, 2.05) is 0 Å². The summed E-state index contributed by atoms with van der Waals surface area (Å²) in [7, 11) is 0. The Balaban J connectivity index is 2.36. The van der Waals surface area contributed by atoms with Crippen molar-refractivity contribution in [3.05, 3.63) is 12.2 Å². The Morgan fingerprint density at radius 3 is 2.40 bits per heavy atom. The Hall–Kier alpha value is -0.300. The number of hydrogen-bond acceptors (Lipinski definition) is 1. The van der Waals surface area contributed by atoms with Gasteiger partial charge in [0, 0.05) is 5.41 Å². The van der Waals surface area contributed by atoms with Gasteiger partial charge in [-0.25, -0.2) is 0 Å². The van der Waals surface area contributed by atoms with Gasteiger partial charge in [0.25, 0.3) is 0 Å². The third-order valence-corrected chi connectivity index (χ3v) is 2.04. The van der Waals surface area contributed by atoms with Crippen molar-refractivity contribution in [1.29, 1.82) is 0 Å². The molecule has 0 spiro atoms. The van der Waals surface area contributed by atoms with Crippen molar-refractivity contribution < 1.29 is 5.11 Å². The van der Waals surface area contributed by atoms with Gasteiger partial charge in [-0.1, -0.05) is 26.0 Å². The molecule has 1 fully saturated rings. The standard InChI is InChI=1S/C9H16O/c1-8(2)3-4-9(7-10)5-6-9/h3-4,8,10H,5-7H2,1-2H3/b4-3+. The van der Waals surface area contributed by atoms with Gasteiger partial charge in [0.1, 0.15) is 0 Å². The smallest absolute Gasteiger partial charge is 0.0521 e. The van der Waals surface area contributed by atoms with E-state index < -0.39 is 0 Å². The molecular weight excluding hydrogens is 124 g/mol. The van der Waals surface area contributed by atoms with Gasteiger partial charge in [-0.15, -0.1) is 0 Å². The first-order chi connectivity index (χ1) is 4.68. The topological polar surface area (TPSA) is 20.2 Å². The van der Waals surface area contributed by atoms with E-state index in [4.69, 9.17) is 5.11 Å². The Bertz CT molecular complexity index is 132. The molecule has 58 valence electrons. The fourth-order valence-corrected chi connectivity index (χ4v) is 0.935. The molecule has 1 nitrogen and oxygen atoms in total. The molecule has 0 heterocycles. The minimum absolute atomic E-state index is 0.199. The predicted octanol–water partition coefficient (Wildman–Crippen LogP) is 1.97. The first-order valence-electron chi connectivity index (χ1n) is 3.99. The average molecular weight is 140 g/mol. The number of rotatable bonds is 3. The molecule has 1 heteroatoms. The molecule has 0 aromatic rings. The second kappa shape index (κ2) is 2.75. The minimum atomic E-state index is 0.199. The molecular formula is C9H16O. The van der Waals surface area contributed by atoms with Gasteiger partial charge in [-0.05, 0) is 18.8 Å². The summed E-state index contributed by atoms with van der Waals surface area (Å²) < 4.78 is 0. The monoisotopic (exact) mass is 140 g/mol. The van der Waals surface area contributed by atoms with E-state index in [9.17, 15) is 0 Å². The minimum Gasteiger partial charge on any atom is -0.395 e. The van der Waals surface area contributed by atoms with E-state index in [0.29, 0.717) is 12.5 Å². The van der Waals surface area contributed by atoms with Crippen LogP contribution in [0.2, 0.25) is 0 Å². The first-order valence-corrected chi connectivity index (χ1v) is 3.99. The number of hydrogen-bond donors (Lipinski definition) is 1. The molecule has 0 amide bonds. The number of aliphatic hydroxyl groups is 1. The maximum atomic E-state index is 8.92. The molecule has 10 heavy (non-hydrogen) atoms. The summed E-state index contributed by atoms with van der Waals surface area (Å²) in [6, 6.07) is 0. The molecule has 1 aliphatic rings. The summed E-state index contributed by atoms with van der Waals surface area (Å²) in [6.07, 6.45) is 6.71. The zero-order valence-corrected chi connectivity index (χ0v) is 6.80. The van der Waals surface area contributed by atoms with Crippen molar-refractivity contribution in [3.8, 4) is 0 Å². The summed E-state index contributed by atoms with van der Waals surface area (Å²) in [4.78, 5) is 0. The van der Waals surface area contributed by atoms with E-state index in [1.165, 1.54) is 12.8 Å². The Morgan fingerprint density at radius 2 is 2.10 bits per heavy atom. The summed E-state index contributed by atoms with van der Waals surface area (Å²) in [5.74, 6) is 0.615. The largest absolute Gasteiger partial charge is 0.395 e. The molecule has 0 atom stereocenters. The van der Waals surface area contributed by atoms with Crippen LogP contribution in [0.4, 0.5) is 0 Å². The van der Waals surface area contributed by atoms with E-state index >= 15 is 0 Å². The van der Waals surface area contributed by atoms with Crippen LogP contribution in [0.15, 0.2) is 12.2 Å². The van der Waals surface area contributed by atoms with Gasteiger partial charge in [-0.3, -0.25) is 0 Å². The maximum absolute atomic E-state index is 8.92. The van der Waals surface area contributed by atoms with Crippen molar-refractivity contribution in [2.75, 3.05) is 6.61 Å². The van der Waals surface area contributed by atoms with Crippen LogP contribution in [-0.2, 0) is 0 Å². The van der Waals surface area contributed by atoms with Crippen LogP contribution in [0.3, 0.4) is 0 Å². The normalized spacial score (nSPS) is 22.4. The lowest BCUT2D eigenvalue weighted by molar-refractivity contribution is 0.241. The number of allylic oxidation sites excluding steroid dienone is 1. The van der Waals surface area contributed by atoms with Gasteiger partial charge in [-0.2, -0.15) is 0 Å². The van der Waals surface area contributed by atoms with Crippen LogP contribution in [0, 0.1) is 11.3 Å². The molecule has 0 aliphatic heterocycles. The Kier molecular flexibility index (Phi) is 2.14. The van der Waals surface area contributed by atoms with E-state index in [1.54, 1.807) is 0 Å². The molecule has 0 aromatic heterocycles. The zero-order chi connectivity index (χ0) is 7.61. The van der Waals surface area contributed by atoms with Crippen LogP contribution >= 0.6 is 0 Å². The second-order valence-corrected chi connectivity index (χ2v) is 3.62. The van der Waals surface area contributed by atoms with Gasteiger partial charge >= 0.3 is 0 Å². The molecule has 0 aromatic carbocycles. The molecule has 0 radical (unpaired) electrons. The molecule has 1 rings (SSSR count). The zero-order valence-electron chi connectivity index (χ0n) is 6.80. The molecule has 1 N–H and O–H groups in total. The fourth-order valence-electron chi connectivity index (χ4n) is 0.935. The third kappa shape index (κ3) is 1.84. The van der Waals surface area contributed by atoms with Gasteiger partial charge in [0.15, 0.2) is 0 Å². The highest BCUT2D eigenvalue weighted by molar-refractivity contribution is 5.09. The fraction of sp³-hybridized carbons (Fsp3) is 0.778. The van der Waals surface area contributed by atoms with Gasteiger partial charge < -0.3 is 5.11 Å². The second-order valence-electron chi connectivity index (χ2n) is 3.62. The molecule has 1 saturated carbocycles. The van der Waals surface area contributed by atoms with Crippen LogP contribution in [0.1, 0.15) is 26.7 Å². The summed E-state index contributed by atoms with van der Waals surface area (Å²) in [5, 5.41) is 8.92. The first kappa shape index (κ1) is 7.80.